The second kappa shape index (κ2) is 6.16. The van der Waals surface area contributed by atoms with Gasteiger partial charge in [0.1, 0.15) is 23.2 Å². The zero-order valence-corrected chi connectivity index (χ0v) is 12.5. The van der Waals surface area contributed by atoms with Gasteiger partial charge in [0, 0.05) is 29.1 Å². The lowest BCUT2D eigenvalue weighted by atomic mass is 9.98. The third-order valence-corrected chi connectivity index (χ3v) is 3.51. The predicted octanol–water partition coefficient (Wildman–Crippen LogP) is 3.27. The van der Waals surface area contributed by atoms with Crippen molar-refractivity contribution >= 4 is 5.82 Å². The molecular formula is C18H14N4O. The van der Waals surface area contributed by atoms with Crippen molar-refractivity contribution in [3.8, 4) is 34.2 Å². The average Bonchev–Trinajstić information content (AvgIpc) is 2.61. The van der Waals surface area contributed by atoms with E-state index in [0.29, 0.717) is 22.6 Å². The van der Waals surface area contributed by atoms with E-state index < -0.39 is 0 Å². The molecule has 23 heavy (non-hydrogen) atoms. The number of aromatic nitrogens is 2. The highest BCUT2D eigenvalue weighted by molar-refractivity contribution is 5.82. The van der Waals surface area contributed by atoms with Gasteiger partial charge in [0.05, 0.1) is 12.8 Å². The summed E-state index contributed by atoms with van der Waals surface area (Å²) in [7, 11) is 1.59. The minimum absolute atomic E-state index is 0.190. The summed E-state index contributed by atoms with van der Waals surface area (Å²) in [6, 6.07) is 15.2. The molecule has 0 saturated heterocycles. The minimum Gasteiger partial charge on any atom is -0.496 e. The number of pyridine rings is 2. The topological polar surface area (TPSA) is 84.8 Å². The maximum absolute atomic E-state index is 9.46. The fourth-order valence-corrected chi connectivity index (χ4v) is 2.42. The Bertz CT molecular complexity index is 885. The molecule has 3 aromatic rings. The third-order valence-electron chi connectivity index (χ3n) is 3.51. The van der Waals surface area contributed by atoms with Crippen LogP contribution in [0.1, 0.15) is 5.56 Å². The standard InChI is InChI=1S/C18H14N4O/c1-23-17-7-3-2-6-13(17)14-9-16(12-5-4-8-21-11-12)22-18(20)15(14)10-19/h2-9,11H,1H3,(H2,20,22). The Balaban J connectivity index is 2.27. The summed E-state index contributed by atoms with van der Waals surface area (Å²) in [5.74, 6) is 0.862. The van der Waals surface area contributed by atoms with Gasteiger partial charge in [-0.15, -0.1) is 0 Å². The molecule has 0 fully saturated rings. The van der Waals surface area contributed by atoms with Crippen LogP contribution in [0.15, 0.2) is 54.9 Å². The van der Waals surface area contributed by atoms with Crippen LogP contribution in [-0.2, 0) is 0 Å². The summed E-state index contributed by atoms with van der Waals surface area (Å²) in [5, 5.41) is 9.46. The number of para-hydroxylation sites is 1. The summed E-state index contributed by atoms with van der Waals surface area (Å²) in [4.78, 5) is 8.43. The van der Waals surface area contributed by atoms with Crippen LogP contribution < -0.4 is 10.5 Å². The van der Waals surface area contributed by atoms with Gasteiger partial charge < -0.3 is 10.5 Å². The zero-order chi connectivity index (χ0) is 16.2. The molecule has 0 atom stereocenters. The van der Waals surface area contributed by atoms with Gasteiger partial charge in [0.15, 0.2) is 0 Å². The molecule has 5 nitrogen and oxygen atoms in total. The van der Waals surface area contributed by atoms with Gasteiger partial charge in [-0.25, -0.2) is 4.98 Å². The van der Waals surface area contributed by atoms with Crippen LogP contribution in [-0.4, -0.2) is 17.1 Å². The molecule has 2 aromatic heterocycles. The van der Waals surface area contributed by atoms with E-state index in [4.69, 9.17) is 10.5 Å². The first-order valence-electron chi connectivity index (χ1n) is 6.99. The first-order valence-corrected chi connectivity index (χ1v) is 6.99. The van der Waals surface area contributed by atoms with Gasteiger partial charge in [-0.1, -0.05) is 18.2 Å². The van der Waals surface area contributed by atoms with Crippen LogP contribution in [0.5, 0.6) is 5.75 Å². The number of ether oxygens (including phenoxy) is 1. The van der Waals surface area contributed by atoms with Crippen molar-refractivity contribution in [1.82, 2.24) is 9.97 Å². The van der Waals surface area contributed by atoms with Crippen molar-refractivity contribution in [2.45, 2.75) is 0 Å². The van der Waals surface area contributed by atoms with Crippen LogP contribution in [0.3, 0.4) is 0 Å². The lowest BCUT2D eigenvalue weighted by Gasteiger charge is -2.13. The fourth-order valence-electron chi connectivity index (χ4n) is 2.42. The van der Waals surface area contributed by atoms with Gasteiger partial charge >= 0.3 is 0 Å². The summed E-state index contributed by atoms with van der Waals surface area (Å²) in [6.45, 7) is 0. The quantitative estimate of drug-likeness (QED) is 0.802. The van der Waals surface area contributed by atoms with E-state index in [9.17, 15) is 5.26 Å². The highest BCUT2D eigenvalue weighted by Crippen LogP contribution is 2.35. The Morgan fingerprint density at radius 2 is 1.96 bits per heavy atom. The number of nitrogens with zero attached hydrogens (tertiary/aromatic N) is 3. The summed E-state index contributed by atoms with van der Waals surface area (Å²) >= 11 is 0. The normalized spacial score (nSPS) is 10.1. The molecule has 0 radical (unpaired) electrons. The number of anilines is 1. The Morgan fingerprint density at radius 1 is 1.13 bits per heavy atom. The molecule has 0 aliphatic heterocycles. The van der Waals surface area contributed by atoms with Crippen molar-refractivity contribution < 1.29 is 4.74 Å². The lowest BCUT2D eigenvalue weighted by Crippen LogP contribution is -2.00. The summed E-state index contributed by atoms with van der Waals surface area (Å²) < 4.78 is 5.40. The number of nitriles is 1. The molecule has 0 aliphatic rings. The monoisotopic (exact) mass is 302 g/mol. The maximum atomic E-state index is 9.46. The van der Waals surface area contributed by atoms with Gasteiger partial charge in [-0.2, -0.15) is 5.26 Å². The number of hydrogen-bond donors (Lipinski definition) is 1. The van der Waals surface area contributed by atoms with Crippen LogP contribution >= 0.6 is 0 Å². The molecule has 0 bridgehead atoms. The molecule has 0 spiro atoms. The van der Waals surface area contributed by atoms with Crippen LogP contribution in [0, 0.1) is 11.3 Å². The number of rotatable bonds is 3. The number of nitrogens with two attached hydrogens (primary N) is 1. The lowest BCUT2D eigenvalue weighted by molar-refractivity contribution is 0.416. The van der Waals surface area contributed by atoms with E-state index in [1.165, 1.54) is 0 Å². The second-order valence-corrected chi connectivity index (χ2v) is 4.87. The molecule has 1 aromatic carbocycles. The SMILES string of the molecule is COc1ccccc1-c1cc(-c2cccnc2)nc(N)c1C#N. The Morgan fingerprint density at radius 3 is 2.65 bits per heavy atom. The van der Waals surface area contributed by atoms with Crippen molar-refractivity contribution in [3.63, 3.8) is 0 Å². The first-order chi connectivity index (χ1) is 11.2. The third kappa shape index (κ3) is 2.70. The van der Waals surface area contributed by atoms with E-state index in [1.807, 2.05) is 42.5 Å². The van der Waals surface area contributed by atoms with E-state index in [2.05, 4.69) is 16.0 Å². The van der Waals surface area contributed by atoms with Crippen molar-refractivity contribution in [3.05, 3.63) is 60.4 Å². The second-order valence-electron chi connectivity index (χ2n) is 4.87. The number of methoxy groups -OCH3 is 1. The van der Waals surface area contributed by atoms with E-state index in [1.54, 1.807) is 19.5 Å². The van der Waals surface area contributed by atoms with Crippen molar-refractivity contribution in [2.24, 2.45) is 0 Å². The highest BCUT2D eigenvalue weighted by Gasteiger charge is 2.16. The van der Waals surface area contributed by atoms with E-state index >= 15 is 0 Å². The van der Waals surface area contributed by atoms with Gasteiger partial charge in [-0.3, -0.25) is 4.98 Å². The Hall–Kier alpha value is -3.39. The summed E-state index contributed by atoms with van der Waals surface area (Å²) in [6.07, 6.45) is 3.40. The fraction of sp³-hybridized carbons (Fsp3) is 0.0556. The molecule has 0 unspecified atom stereocenters. The van der Waals surface area contributed by atoms with E-state index in [0.717, 1.165) is 11.1 Å². The highest BCUT2D eigenvalue weighted by atomic mass is 16.5. The molecule has 2 heterocycles. The van der Waals surface area contributed by atoms with Crippen LogP contribution in [0.4, 0.5) is 5.82 Å². The predicted molar refractivity (Wildman–Crippen MR) is 88.6 cm³/mol. The maximum Gasteiger partial charge on any atom is 0.142 e. The van der Waals surface area contributed by atoms with Crippen molar-refractivity contribution in [1.29, 1.82) is 5.26 Å². The first kappa shape index (κ1) is 14.5. The molecule has 3 rings (SSSR count). The number of nitrogen functional groups attached to an aromatic ring is 1. The molecule has 0 aliphatic carbocycles. The smallest absolute Gasteiger partial charge is 0.142 e. The van der Waals surface area contributed by atoms with Crippen molar-refractivity contribution in [2.75, 3.05) is 12.8 Å². The minimum atomic E-state index is 0.190. The molecule has 0 amide bonds. The van der Waals surface area contributed by atoms with Crippen LogP contribution in [0.2, 0.25) is 0 Å². The Kier molecular flexibility index (Phi) is 3.89. The number of hydrogen-bond acceptors (Lipinski definition) is 5. The molecule has 112 valence electrons. The largest absolute Gasteiger partial charge is 0.496 e. The van der Waals surface area contributed by atoms with Gasteiger partial charge in [-0.05, 0) is 24.3 Å². The zero-order valence-electron chi connectivity index (χ0n) is 12.5. The molecule has 2 N–H and O–H groups in total. The Labute approximate surface area is 134 Å². The van der Waals surface area contributed by atoms with Gasteiger partial charge in [0.2, 0.25) is 0 Å². The molecular weight excluding hydrogens is 288 g/mol. The van der Waals surface area contributed by atoms with Gasteiger partial charge in [0.25, 0.3) is 0 Å². The van der Waals surface area contributed by atoms with Crippen LogP contribution in [0.25, 0.3) is 22.4 Å². The van der Waals surface area contributed by atoms with E-state index in [-0.39, 0.29) is 5.82 Å². The average molecular weight is 302 g/mol. The molecule has 5 heteroatoms. The summed E-state index contributed by atoms with van der Waals surface area (Å²) in [5.41, 5.74) is 9.32. The molecule has 0 saturated carbocycles. The number of benzene rings is 1.